The van der Waals surface area contributed by atoms with Crippen molar-refractivity contribution in [1.29, 1.82) is 0 Å². The third-order valence-corrected chi connectivity index (χ3v) is 5.16. The first kappa shape index (κ1) is 14.4. The fraction of sp³-hybridized carbons (Fsp3) is 0. The summed E-state index contributed by atoms with van der Waals surface area (Å²) in [5.41, 5.74) is 3.61. The van der Waals surface area contributed by atoms with Crippen molar-refractivity contribution in [2.45, 2.75) is 0 Å². The van der Waals surface area contributed by atoms with E-state index in [2.05, 4.69) is 20.9 Å². The zero-order chi connectivity index (χ0) is 15.8. The molecule has 4 aromatic rings. The molecule has 0 amide bonds. The van der Waals surface area contributed by atoms with E-state index in [-0.39, 0.29) is 5.56 Å². The van der Waals surface area contributed by atoms with Crippen molar-refractivity contribution >= 4 is 37.5 Å². The third-order valence-electron chi connectivity index (χ3n) is 3.67. The van der Waals surface area contributed by atoms with Gasteiger partial charge in [-0.05, 0) is 29.8 Å². The highest BCUT2D eigenvalue weighted by atomic mass is 79.9. The van der Waals surface area contributed by atoms with E-state index in [1.165, 1.54) is 11.3 Å². The lowest BCUT2D eigenvalue weighted by atomic mass is 10.1. The first-order valence-corrected chi connectivity index (χ1v) is 8.71. The second kappa shape index (κ2) is 5.76. The molecule has 0 aliphatic carbocycles. The number of fused-ring (bicyclic) bond motifs is 1. The molecule has 0 atom stereocenters. The van der Waals surface area contributed by atoms with Gasteiger partial charge in [-0.25, -0.2) is 4.98 Å². The minimum atomic E-state index is -0.0375. The number of halogens is 1. The van der Waals surface area contributed by atoms with Crippen LogP contribution < -0.4 is 5.56 Å². The molecule has 0 bridgehead atoms. The normalized spacial score (nSPS) is 11.0. The van der Waals surface area contributed by atoms with Gasteiger partial charge in [-0.15, -0.1) is 11.3 Å². The molecule has 0 unspecified atom stereocenters. The molecule has 0 aliphatic rings. The Hall–Kier alpha value is -2.24. The van der Waals surface area contributed by atoms with Gasteiger partial charge in [0.15, 0.2) is 0 Å². The van der Waals surface area contributed by atoms with Gasteiger partial charge in [0.05, 0.1) is 11.2 Å². The van der Waals surface area contributed by atoms with E-state index < -0.39 is 0 Å². The predicted molar refractivity (Wildman–Crippen MR) is 98.4 cm³/mol. The highest BCUT2D eigenvalue weighted by Crippen LogP contribution is 2.30. The Morgan fingerprint density at radius 2 is 1.74 bits per heavy atom. The molecule has 0 aliphatic heterocycles. The molecule has 0 saturated carbocycles. The van der Waals surface area contributed by atoms with Gasteiger partial charge in [0, 0.05) is 15.4 Å². The monoisotopic (exact) mass is 382 g/mol. The first-order chi connectivity index (χ1) is 11.2. The predicted octanol–water partition coefficient (Wildman–Crippen LogP) is 4.88. The van der Waals surface area contributed by atoms with E-state index in [1.54, 1.807) is 10.9 Å². The highest BCUT2D eigenvalue weighted by molar-refractivity contribution is 9.10. The van der Waals surface area contributed by atoms with Gasteiger partial charge in [0.2, 0.25) is 0 Å². The van der Waals surface area contributed by atoms with Crippen LogP contribution in [0, 0.1) is 0 Å². The number of hydrogen-bond donors (Lipinski definition) is 0. The number of thiophene rings is 1. The molecule has 5 heteroatoms. The zero-order valence-electron chi connectivity index (χ0n) is 11.9. The molecule has 0 N–H and O–H groups in total. The zero-order valence-corrected chi connectivity index (χ0v) is 14.3. The van der Waals surface area contributed by atoms with E-state index in [9.17, 15) is 4.79 Å². The van der Waals surface area contributed by atoms with Crippen LogP contribution in [0.1, 0.15) is 0 Å². The minimum absolute atomic E-state index is 0.0375. The van der Waals surface area contributed by atoms with Crippen molar-refractivity contribution in [3.05, 3.63) is 81.1 Å². The second-order valence-electron chi connectivity index (χ2n) is 5.09. The molecule has 2 aromatic heterocycles. The molecule has 2 aromatic carbocycles. The van der Waals surface area contributed by atoms with Crippen molar-refractivity contribution in [2.24, 2.45) is 0 Å². The summed E-state index contributed by atoms with van der Waals surface area (Å²) >= 11 is 4.85. The number of rotatable bonds is 2. The Morgan fingerprint density at radius 3 is 2.48 bits per heavy atom. The van der Waals surface area contributed by atoms with Crippen molar-refractivity contribution in [1.82, 2.24) is 9.55 Å². The Kier molecular flexibility index (Phi) is 3.59. The smallest absolute Gasteiger partial charge is 0.267 e. The van der Waals surface area contributed by atoms with Crippen molar-refractivity contribution in [3.8, 4) is 16.8 Å². The van der Waals surface area contributed by atoms with Gasteiger partial charge in [-0.3, -0.25) is 9.36 Å². The molecular weight excluding hydrogens is 372 g/mol. The molecule has 2 heterocycles. The largest absolute Gasteiger partial charge is 0.275 e. The Balaban J connectivity index is 1.91. The maximum Gasteiger partial charge on any atom is 0.275 e. The van der Waals surface area contributed by atoms with Crippen LogP contribution in [0.15, 0.2) is 75.6 Å². The third kappa shape index (κ3) is 2.52. The summed E-state index contributed by atoms with van der Waals surface area (Å²) in [7, 11) is 0. The summed E-state index contributed by atoms with van der Waals surface area (Å²) in [4.78, 5) is 17.3. The Labute approximate surface area is 145 Å². The van der Waals surface area contributed by atoms with Gasteiger partial charge < -0.3 is 0 Å². The van der Waals surface area contributed by atoms with Crippen LogP contribution in [0.3, 0.4) is 0 Å². The van der Waals surface area contributed by atoms with Gasteiger partial charge >= 0.3 is 0 Å². The summed E-state index contributed by atoms with van der Waals surface area (Å²) in [6.07, 6.45) is 1.60. The van der Waals surface area contributed by atoms with Crippen LogP contribution in [0.4, 0.5) is 0 Å². The van der Waals surface area contributed by atoms with Gasteiger partial charge in [-0.1, -0.05) is 46.3 Å². The van der Waals surface area contributed by atoms with E-state index in [1.807, 2.05) is 60.0 Å². The van der Waals surface area contributed by atoms with Crippen LogP contribution >= 0.6 is 27.3 Å². The fourth-order valence-electron chi connectivity index (χ4n) is 2.52. The van der Waals surface area contributed by atoms with Crippen LogP contribution in [0.2, 0.25) is 0 Å². The molecule has 0 fully saturated rings. The highest BCUT2D eigenvalue weighted by Gasteiger charge is 2.12. The van der Waals surface area contributed by atoms with Crippen LogP contribution in [-0.2, 0) is 0 Å². The average molecular weight is 383 g/mol. The maximum atomic E-state index is 12.8. The van der Waals surface area contributed by atoms with E-state index in [0.717, 1.165) is 26.8 Å². The lowest BCUT2D eigenvalue weighted by molar-refractivity contribution is 0.966. The summed E-state index contributed by atoms with van der Waals surface area (Å²) in [6, 6.07) is 17.6. The van der Waals surface area contributed by atoms with E-state index >= 15 is 0 Å². The van der Waals surface area contributed by atoms with Crippen molar-refractivity contribution < 1.29 is 0 Å². The number of aromatic nitrogens is 2. The number of nitrogens with zero attached hydrogens (tertiary/aromatic N) is 2. The fourth-order valence-corrected chi connectivity index (χ4v) is 3.74. The quantitative estimate of drug-likeness (QED) is 0.495. The van der Waals surface area contributed by atoms with E-state index in [4.69, 9.17) is 0 Å². The molecule has 0 spiro atoms. The van der Waals surface area contributed by atoms with Gasteiger partial charge in [0.25, 0.3) is 5.56 Å². The maximum absolute atomic E-state index is 12.8. The van der Waals surface area contributed by atoms with Crippen LogP contribution in [0.5, 0.6) is 0 Å². The first-order valence-electron chi connectivity index (χ1n) is 7.04. The number of hydrogen-bond acceptors (Lipinski definition) is 3. The standard InChI is InChI=1S/C18H11BrN2OS/c19-13-6-8-14(9-7-13)21-11-20-16-15(10-23-17(16)18(21)22)12-4-2-1-3-5-12/h1-11H. The summed E-state index contributed by atoms with van der Waals surface area (Å²) < 4.78 is 3.24. The van der Waals surface area contributed by atoms with Crippen molar-refractivity contribution in [2.75, 3.05) is 0 Å². The summed E-state index contributed by atoms with van der Waals surface area (Å²) in [6.45, 7) is 0. The van der Waals surface area contributed by atoms with Crippen LogP contribution in [-0.4, -0.2) is 9.55 Å². The molecular formula is C18H11BrN2OS. The van der Waals surface area contributed by atoms with Crippen LogP contribution in [0.25, 0.3) is 27.0 Å². The molecule has 0 radical (unpaired) electrons. The Bertz CT molecular complexity index is 1040. The van der Waals surface area contributed by atoms with Gasteiger partial charge in [-0.2, -0.15) is 0 Å². The lowest BCUT2D eigenvalue weighted by Gasteiger charge is -2.05. The molecule has 3 nitrogen and oxygen atoms in total. The van der Waals surface area contributed by atoms with Crippen molar-refractivity contribution in [3.63, 3.8) is 0 Å². The molecule has 4 rings (SSSR count). The SMILES string of the molecule is O=c1c2scc(-c3ccccc3)c2ncn1-c1ccc(Br)cc1. The number of benzene rings is 2. The average Bonchev–Trinajstić information content (AvgIpc) is 3.02. The summed E-state index contributed by atoms with van der Waals surface area (Å²) in [5, 5.41) is 2.00. The molecule has 112 valence electrons. The molecule has 0 saturated heterocycles. The minimum Gasteiger partial charge on any atom is -0.267 e. The van der Waals surface area contributed by atoms with Gasteiger partial charge in [0.1, 0.15) is 11.0 Å². The molecule has 23 heavy (non-hydrogen) atoms. The van der Waals surface area contributed by atoms with E-state index in [0.29, 0.717) is 4.70 Å². The second-order valence-corrected chi connectivity index (χ2v) is 6.88. The summed E-state index contributed by atoms with van der Waals surface area (Å²) in [5.74, 6) is 0. The Morgan fingerprint density at radius 1 is 1.00 bits per heavy atom. The lowest BCUT2D eigenvalue weighted by Crippen LogP contribution is -2.17. The topological polar surface area (TPSA) is 34.9 Å².